The molecule has 0 radical (unpaired) electrons. The Bertz CT molecular complexity index is 563. The number of carbonyl (C=O) groups excluding carboxylic acids is 1. The standard InChI is InChI=1S/C16H27N5O2S.2ClH/c1-13-18-15(24-19-13)21-9-3-8-20(10-11-21)14(22)16(12-23-2)4-6-17-7-5-16;;/h17H,3-12H2,1-2H3;2*1H. The average molecular weight is 426 g/mol. The second kappa shape index (κ2) is 10.6. The van der Waals surface area contributed by atoms with Gasteiger partial charge in [-0.25, -0.2) is 4.98 Å². The van der Waals surface area contributed by atoms with Gasteiger partial charge in [0.1, 0.15) is 5.82 Å². The van der Waals surface area contributed by atoms with E-state index in [1.54, 1.807) is 7.11 Å². The van der Waals surface area contributed by atoms with E-state index in [4.69, 9.17) is 4.74 Å². The van der Waals surface area contributed by atoms with E-state index in [0.717, 1.165) is 69.5 Å². The van der Waals surface area contributed by atoms with Crippen LogP contribution in [0.2, 0.25) is 0 Å². The summed E-state index contributed by atoms with van der Waals surface area (Å²) in [4.78, 5) is 22.0. The van der Waals surface area contributed by atoms with Gasteiger partial charge in [0.15, 0.2) is 0 Å². The van der Waals surface area contributed by atoms with Crippen molar-refractivity contribution in [2.24, 2.45) is 5.41 Å². The summed E-state index contributed by atoms with van der Waals surface area (Å²) in [5.74, 6) is 1.09. The van der Waals surface area contributed by atoms with Crippen molar-refractivity contribution in [1.29, 1.82) is 0 Å². The number of aromatic nitrogens is 2. The van der Waals surface area contributed by atoms with Crippen LogP contribution in [0.25, 0.3) is 0 Å². The van der Waals surface area contributed by atoms with E-state index in [-0.39, 0.29) is 36.1 Å². The molecule has 2 aliphatic rings. The highest BCUT2D eigenvalue weighted by molar-refractivity contribution is 7.09. The number of piperidine rings is 1. The second-order valence-corrected chi connectivity index (χ2v) is 7.45. The van der Waals surface area contributed by atoms with Crippen molar-refractivity contribution in [1.82, 2.24) is 19.6 Å². The molecule has 0 spiro atoms. The summed E-state index contributed by atoms with van der Waals surface area (Å²) in [5, 5.41) is 4.32. The minimum absolute atomic E-state index is 0. The highest BCUT2D eigenvalue weighted by Crippen LogP contribution is 2.32. The first kappa shape index (κ1) is 23.4. The Labute approximate surface area is 171 Å². The number of methoxy groups -OCH3 is 1. The lowest BCUT2D eigenvalue weighted by Gasteiger charge is -2.39. The fourth-order valence-corrected chi connectivity index (χ4v) is 4.39. The molecule has 1 N–H and O–H groups in total. The maximum Gasteiger partial charge on any atom is 0.231 e. The molecule has 2 saturated heterocycles. The van der Waals surface area contributed by atoms with Gasteiger partial charge in [-0.05, 0) is 39.3 Å². The summed E-state index contributed by atoms with van der Waals surface area (Å²) in [6.45, 7) is 7.52. The SMILES string of the molecule is COCC1(C(=O)N2CCCN(c3nc(C)ns3)CC2)CCNCC1.Cl.Cl. The lowest BCUT2D eigenvalue weighted by molar-refractivity contribution is -0.147. The first-order valence-electron chi connectivity index (χ1n) is 8.69. The molecule has 0 saturated carbocycles. The molecule has 1 aromatic heterocycles. The van der Waals surface area contributed by atoms with Gasteiger partial charge >= 0.3 is 0 Å². The van der Waals surface area contributed by atoms with Crippen LogP contribution < -0.4 is 10.2 Å². The van der Waals surface area contributed by atoms with Crippen molar-refractivity contribution >= 4 is 47.4 Å². The van der Waals surface area contributed by atoms with Crippen molar-refractivity contribution in [3.8, 4) is 0 Å². The molecule has 2 aliphatic heterocycles. The van der Waals surface area contributed by atoms with Gasteiger partial charge < -0.3 is 19.9 Å². The highest BCUT2D eigenvalue weighted by Gasteiger charge is 2.42. The minimum atomic E-state index is -0.353. The number of rotatable bonds is 4. The van der Waals surface area contributed by atoms with Gasteiger partial charge in [0.25, 0.3) is 0 Å². The molecular weight excluding hydrogens is 397 g/mol. The molecule has 7 nitrogen and oxygen atoms in total. The normalized spacial score (nSPS) is 19.9. The first-order chi connectivity index (χ1) is 11.6. The number of aryl methyl sites for hydroxylation is 1. The predicted molar refractivity (Wildman–Crippen MR) is 109 cm³/mol. The van der Waals surface area contributed by atoms with Crippen LogP contribution in [-0.2, 0) is 9.53 Å². The lowest BCUT2D eigenvalue weighted by atomic mass is 9.78. The molecule has 150 valence electrons. The van der Waals surface area contributed by atoms with Crippen LogP contribution in [0.1, 0.15) is 25.1 Å². The molecular formula is C16H29Cl2N5O2S. The van der Waals surface area contributed by atoms with Gasteiger partial charge in [-0.1, -0.05) is 0 Å². The van der Waals surface area contributed by atoms with Gasteiger partial charge in [-0.3, -0.25) is 4.79 Å². The Balaban J connectivity index is 0.00000169. The van der Waals surface area contributed by atoms with E-state index in [0.29, 0.717) is 6.61 Å². The van der Waals surface area contributed by atoms with Gasteiger partial charge in [-0.15, -0.1) is 24.8 Å². The molecule has 0 unspecified atom stereocenters. The lowest BCUT2D eigenvalue weighted by Crippen LogP contribution is -2.52. The Morgan fingerprint density at radius 2 is 1.96 bits per heavy atom. The van der Waals surface area contributed by atoms with Gasteiger partial charge in [0, 0.05) is 44.8 Å². The monoisotopic (exact) mass is 425 g/mol. The molecule has 1 aromatic rings. The van der Waals surface area contributed by atoms with E-state index >= 15 is 0 Å². The molecule has 0 aromatic carbocycles. The molecule has 3 rings (SSSR count). The molecule has 1 amide bonds. The van der Waals surface area contributed by atoms with E-state index in [9.17, 15) is 4.79 Å². The molecule has 3 heterocycles. The maximum atomic E-state index is 13.2. The number of anilines is 1. The van der Waals surface area contributed by atoms with Crippen LogP contribution in [0.15, 0.2) is 0 Å². The van der Waals surface area contributed by atoms with Crippen LogP contribution in [0, 0.1) is 12.3 Å². The summed E-state index contributed by atoms with van der Waals surface area (Å²) in [6.07, 6.45) is 2.68. The third-order valence-electron chi connectivity index (χ3n) is 5.01. The number of nitrogens with one attached hydrogen (secondary N) is 1. The number of hydrogen-bond donors (Lipinski definition) is 1. The zero-order valence-corrected chi connectivity index (χ0v) is 17.9. The highest BCUT2D eigenvalue weighted by atomic mass is 35.5. The number of ether oxygens (including phenoxy) is 1. The molecule has 26 heavy (non-hydrogen) atoms. The first-order valence-corrected chi connectivity index (χ1v) is 9.46. The van der Waals surface area contributed by atoms with E-state index < -0.39 is 0 Å². The van der Waals surface area contributed by atoms with Crippen LogP contribution in [0.3, 0.4) is 0 Å². The third-order valence-corrected chi connectivity index (χ3v) is 5.87. The average Bonchev–Trinajstić information content (AvgIpc) is 2.88. The molecule has 0 aliphatic carbocycles. The summed E-state index contributed by atoms with van der Waals surface area (Å²) in [6, 6.07) is 0. The minimum Gasteiger partial charge on any atom is -0.384 e. The van der Waals surface area contributed by atoms with Crippen LogP contribution >= 0.6 is 36.3 Å². The fraction of sp³-hybridized carbons (Fsp3) is 0.812. The maximum absolute atomic E-state index is 13.2. The van der Waals surface area contributed by atoms with E-state index in [1.165, 1.54) is 11.5 Å². The number of nitrogens with zero attached hydrogens (tertiary/aromatic N) is 4. The second-order valence-electron chi connectivity index (χ2n) is 6.72. The van der Waals surface area contributed by atoms with Crippen LogP contribution in [0.4, 0.5) is 5.13 Å². The van der Waals surface area contributed by atoms with Crippen LogP contribution in [-0.4, -0.2) is 73.1 Å². The largest absolute Gasteiger partial charge is 0.384 e. The van der Waals surface area contributed by atoms with Crippen LogP contribution in [0.5, 0.6) is 0 Å². The van der Waals surface area contributed by atoms with Crippen molar-refractivity contribution in [2.45, 2.75) is 26.2 Å². The number of hydrogen-bond acceptors (Lipinski definition) is 7. The fourth-order valence-electron chi connectivity index (χ4n) is 3.66. The van der Waals surface area contributed by atoms with E-state index in [1.807, 2.05) is 11.8 Å². The Hall–Kier alpha value is -0.670. The van der Waals surface area contributed by atoms with Crippen molar-refractivity contribution in [2.75, 3.05) is 57.9 Å². The van der Waals surface area contributed by atoms with Crippen molar-refractivity contribution in [3.05, 3.63) is 5.82 Å². The summed E-state index contributed by atoms with van der Waals surface area (Å²) in [5.41, 5.74) is -0.353. The van der Waals surface area contributed by atoms with Gasteiger partial charge in [0.2, 0.25) is 11.0 Å². The smallest absolute Gasteiger partial charge is 0.231 e. The number of carbonyl (C=O) groups is 1. The molecule has 0 atom stereocenters. The van der Waals surface area contributed by atoms with Crippen molar-refractivity contribution in [3.63, 3.8) is 0 Å². The topological polar surface area (TPSA) is 70.6 Å². The Morgan fingerprint density at radius 3 is 2.58 bits per heavy atom. The Kier molecular flexibility index (Phi) is 9.54. The quantitative estimate of drug-likeness (QED) is 0.791. The molecule has 2 fully saturated rings. The van der Waals surface area contributed by atoms with Gasteiger partial charge in [0.05, 0.1) is 12.0 Å². The van der Waals surface area contributed by atoms with E-state index in [2.05, 4.69) is 19.6 Å². The summed E-state index contributed by atoms with van der Waals surface area (Å²) >= 11 is 1.44. The molecule has 0 bridgehead atoms. The van der Waals surface area contributed by atoms with Gasteiger partial charge in [-0.2, -0.15) is 4.37 Å². The summed E-state index contributed by atoms with van der Waals surface area (Å²) in [7, 11) is 1.69. The predicted octanol–water partition coefficient (Wildman–Crippen LogP) is 1.75. The Morgan fingerprint density at radius 1 is 1.23 bits per heavy atom. The zero-order chi connectivity index (χ0) is 17.0. The zero-order valence-electron chi connectivity index (χ0n) is 15.4. The summed E-state index contributed by atoms with van der Waals surface area (Å²) < 4.78 is 9.69. The number of amides is 1. The van der Waals surface area contributed by atoms with Crippen molar-refractivity contribution < 1.29 is 9.53 Å². The molecule has 10 heteroatoms. The number of halogens is 2. The third kappa shape index (κ3) is 5.19.